The Balaban J connectivity index is 2.11. The summed E-state index contributed by atoms with van der Waals surface area (Å²) in [6.45, 7) is 1.84. The van der Waals surface area contributed by atoms with Crippen LogP contribution in [-0.4, -0.2) is 15.1 Å². The lowest BCUT2D eigenvalue weighted by molar-refractivity contribution is 0.475. The highest BCUT2D eigenvalue weighted by molar-refractivity contribution is 5.27. The Bertz CT molecular complexity index is 496. The zero-order valence-corrected chi connectivity index (χ0v) is 9.67. The molecule has 1 unspecified atom stereocenters. The minimum atomic E-state index is -0.152. The van der Waals surface area contributed by atoms with E-state index in [1.165, 1.54) is 0 Å². The molecule has 1 atom stereocenters. The van der Waals surface area contributed by atoms with Gasteiger partial charge in [0, 0.05) is 6.20 Å². The average molecular weight is 229 g/mol. The van der Waals surface area contributed by atoms with Crippen molar-refractivity contribution in [2.45, 2.75) is 19.4 Å². The van der Waals surface area contributed by atoms with E-state index in [1.54, 1.807) is 18.3 Å². The SMILES string of the molecule is Cc1nccc(C(N)Cc2ccc(O)cc2)n1. The Morgan fingerprint density at radius 1 is 1.24 bits per heavy atom. The van der Waals surface area contributed by atoms with Crippen LogP contribution in [0.15, 0.2) is 36.5 Å². The number of rotatable bonds is 3. The normalized spacial score (nSPS) is 12.4. The Kier molecular flexibility index (Phi) is 3.35. The number of aromatic hydroxyl groups is 1. The van der Waals surface area contributed by atoms with Crippen LogP contribution in [0.4, 0.5) is 0 Å². The van der Waals surface area contributed by atoms with Crippen LogP contribution >= 0.6 is 0 Å². The van der Waals surface area contributed by atoms with Crippen molar-refractivity contribution < 1.29 is 5.11 Å². The average Bonchev–Trinajstić information content (AvgIpc) is 2.32. The third-order valence-corrected chi connectivity index (χ3v) is 2.57. The summed E-state index contributed by atoms with van der Waals surface area (Å²) in [5.74, 6) is 0.990. The maximum Gasteiger partial charge on any atom is 0.125 e. The van der Waals surface area contributed by atoms with Crippen LogP contribution in [0.3, 0.4) is 0 Å². The molecule has 0 saturated carbocycles. The van der Waals surface area contributed by atoms with Crippen molar-refractivity contribution in [3.8, 4) is 5.75 Å². The van der Waals surface area contributed by atoms with Crippen LogP contribution < -0.4 is 5.73 Å². The fourth-order valence-corrected chi connectivity index (χ4v) is 1.67. The minimum Gasteiger partial charge on any atom is -0.508 e. The Morgan fingerprint density at radius 2 is 1.94 bits per heavy atom. The zero-order valence-electron chi connectivity index (χ0n) is 9.67. The van der Waals surface area contributed by atoms with Crippen molar-refractivity contribution in [1.29, 1.82) is 0 Å². The second kappa shape index (κ2) is 4.93. The van der Waals surface area contributed by atoms with Crippen LogP contribution in [0.5, 0.6) is 5.75 Å². The topological polar surface area (TPSA) is 72.0 Å². The van der Waals surface area contributed by atoms with Crippen molar-refractivity contribution in [1.82, 2.24) is 9.97 Å². The highest BCUT2D eigenvalue weighted by Gasteiger charge is 2.08. The van der Waals surface area contributed by atoms with E-state index in [-0.39, 0.29) is 11.8 Å². The second-order valence-corrected chi connectivity index (χ2v) is 4.01. The van der Waals surface area contributed by atoms with Crippen molar-refractivity contribution in [2.75, 3.05) is 0 Å². The van der Waals surface area contributed by atoms with Gasteiger partial charge >= 0.3 is 0 Å². The maximum absolute atomic E-state index is 9.19. The first-order chi connectivity index (χ1) is 8.15. The quantitative estimate of drug-likeness (QED) is 0.840. The van der Waals surface area contributed by atoms with Gasteiger partial charge in [-0.1, -0.05) is 12.1 Å². The molecule has 17 heavy (non-hydrogen) atoms. The first kappa shape index (κ1) is 11.5. The van der Waals surface area contributed by atoms with Gasteiger partial charge in [-0.15, -0.1) is 0 Å². The molecule has 4 heteroatoms. The summed E-state index contributed by atoms with van der Waals surface area (Å²) >= 11 is 0. The predicted molar refractivity (Wildman–Crippen MR) is 65.5 cm³/mol. The number of aryl methyl sites for hydroxylation is 1. The van der Waals surface area contributed by atoms with Crippen molar-refractivity contribution in [2.24, 2.45) is 5.73 Å². The first-order valence-electron chi connectivity index (χ1n) is 5.48. The summed E-state index contributed by atoms with van der Waals surface area (Å²) in [5, 5.41) is 9.19. The van der Waals surface area contributed by atoms with Crippen LogP contribution in [0.2, 0.25) is 0 Å². The molecule has 0 aliphatic heterocycles. The molecule has 88 valence electrons. The molecule has 1 heterocycles. The molecule has 0 amide bonds. The third-order valence-electron chi connectivity index (χ3n) is 2.57. The van der Waals surface area contributed by atoms with Gasteiger partial charge in [-0.25, -0.2) is 9.97 Å². The van der Waals surface area contributed by atoms with Gasteiger partial charge in [0.15, 0.2) is 0 Å². The molecule has 0 radical (unpaired) electrons. The molecule has 0 saturated heterocycles. The van der Waals surface area contributed by atoms with Gasteiger partial charge in [-0.05, 0) is 37.1 Å². The lowest BCUT2D eigenvalue weighted by Gasteiger charge is -2.11. The first-order valence-corrected chi connectivity index (χ1v) is 5.48. The molecule has 0 fully saturated rings. The molecule has 0 aliphatic rings. The molecule has 0 bridgehead atoms. The molecule has 3 N–H and O–H groups in total. The Labute approximate surface area is 100 Å². The largest absolute Gasteiger partial charge is 0.508 e. The minimum absolute atomic E-state index is 0.152. The summed E-state index contributed by atoms with van der Waals surface area (Å²) in [4.78, 5) is 8.34. The number of hydrogen-bond donors (Lipinski definition) is 2. The fraction of sp³-hybridized carbons (Fsp3) is 0.231. The molecule has 4 nitrogen and oxygen atoms in total. The van der Waals surface area contributed by atoms with Crippen molar-refractivity contribution in [3.05, 3.63) is 53.6 Å². The van der Waals surface area contributed by atoms with Crippen LogP contribution in [0.25, 0.3) is 0 Å². The van der Waals surface area contributed by atoms with E-state index in [4.69, 9.17) is 5.73 Å². The van der Waals surface area contributed by atoms with E-state index in [9.17, 15) is 5.11 Å². The smallest absolute Gasteiger partial charge is 0.125 e. The second-order valence-electron chi connectivity index (χ2n) is 4.01. The van der Waals surface area contributed by atoms with Crippen LogP contribution in [0.1, 0.15) is 23.1 Å². The van der Waals surface area contributed by atoms with E-state index >= 15 is 0 Å². The summed E-state index contributed by atoms with van der Waals surface area (Å²) in [6, 6.07) is 8.73. The van der Waals surface area contributed by atoms with Gasteiger partial charge in [0.1, 0.15) is 11.6 Å². The lowest BCUT2D eigenvalue weighted by Crippen LogP contribution is -2.15. The van der Waals surface area contributed by atoms with Gasteiger partial charge in [0.05, 0.1) is 11.7 Å². The van der Waals surface area contributed by atoms with E-state index < -0.39 is 0 Å². The number of hydrogen-bond acceptors (Lipinski definition) is 4. The fourth-order valence-electron chi connectivity index (χ4n) is 1.67. The highest BCUT2D eigenvalue weighted by Crippen LogP contribution is 2.16. The predicted octanol–water partition coefficient (Wildman–Crippen LogP) is 1.73. The van der Waals surface area contributed by atoms with E-state index in [1.807, 2.05) is 25.1 Å². The van der Waals surface area contributed by atoms with E-state index in [0.29, 0.717) is 6.42 Å². The molecule has 1 aromatic heterocycles. The van der Waals surface area contributed by atoms with Crippen molar-refractivity contribution >= 4 is 0 Å². The molecule has 0 spiro atoms. The van der Waals surface area contributed by atoms with Crippen LogP contribution in [-0.2, 0) is 6.42 Å². The molecule has 2 rings (SSSR count). The number of phenolic OH excluding ortho intramolecular Hbond substituents is 1. The van der Waals surface area contributed by atoms with Gasteiger partial charge < -0.3 is 10.8 Å². The van der Waals surface area contributed by atoms with Gasteiger partial charge in [-0.3, -0.25) is 0 Å². The lowest BCUT2D eigenvalue weighted by atomic mass is 10.0. The summed E-state index contributed by atoms with van der Waals surface area (Å²) in [5.41, 5.74) is 8.00. The summed E-state index contributed by atoms with van der Waals surface area (Å²) in [6.07, 6.45) is 2.41. The Hall–Kier alpha value is -1.94. The maximum atomic E-state index is 9.19. The van der Waals surface area contributed by atoms with Gasteiger partial charge in [0.25, 0.3) is 0 Å². The Morgan fingerprint density at radius 3 is 2.59 bits per heavy atom. The number of phenols is 1. The highest BCUT2D eigenvalue weighted by atomic mass is 16.3. The van der Waals surface area contributed by atoms with Crippen molar-refractivity contribution in [3.63, 3.8) is 0 Å². The number of nitrogens with zero attached hydrogens (tertiary/aromatic N) is 2. The van der Waals surface area contributed by atoms with Gasteiger partial charge in [-0.2, -0.15) is 0 Å². The number of aromatic nitrogens is 2. The van der Waals surface area contributed by atoms with Gasteiger partial charge in [0.2, 0.25) is 0 Å². The molecular weight excluding hydrogens is 214 g/mol. The summed E-state index contributed by atoms with van der Waals surface area (Å²) < 4.78 is 0. The van der Waals surface area contributed by atoms with Crippen LogP contribution in [0, 0.1) is 6.92 Å². The molecule has 2 aromatic rings. The van der Waals surface area contributed by atoms with E-state index in [0.717, 1.165) is 17.1 Å². The monoisotopic (exact) mass is 229 g/mol. The summed E-state index contributed by atoms with van der Waals surface area (Å²) in [7, 11) is 0. The molecule has 1 aromatic carbocycles. The number of nitrogens with two attached hydrogens (primary N) is 1. The molecule has 0 aliphatic carbocycles. The third kappa shape index (κ3) is 3.01. The molecular formula is C13H15N3O. The number of benzene rings is 1. The zero-order chi connectivity index (χ0) is 12.3. The standard InChI is InChI=1S/C13H15N3O/c1-9-15-7-6-13(16-9)12(14)8-10-2-4-11(17)5-3-10/h2-7,12,17H,8,14H2,1H3. The van der Waals surface area contributed by atoms with E-state index in [2.05, 4.69) is 9.97 Å².